The Morgan fingerprint density at radius 1 is 1.05 bits per heavy atom. The Morgan fingerprint density at radius 2 is 1.76 bits per heavy atom. The first-order valence-corrected chi connectivity index (χ1v) is 14.5. The summed E-state index contributed by atoms with van der Waals surface area (Å²) in [7, 11) is -3.76. The first-order valence-electron chi connectivity index (χ1n) is 12.0. The summed E-state index contributed by atoms with van der Waals surface area (Å²) >= 11 is 2.14. The number of aromatic nitrogens is 4. The molecule has 5 rings (SSSR count). The first-order chi connectivity index (χ1) is 17.5. The SMILES string of the molecule is CC(C)(C)OC(=O)N1CCC(n2cc(-c3cnc4c(c3)c(I)cn4S(=O)(=O)c3ccccc3)cn2)CC1. The molecule has 0 spiro atoms. The molecule has 4 aromatic rings. The number of carbonyl (C=O) groups excluding carboxylic acids is 1. The molecule has 9 nitrogen and oxygen atoms in total. The standard InChI is InChI=1S/C26H28IN5O4S/c1-26(2,3)36-25(33)30-11-9-20(10-12-30)31-16-19(15-29-31)18-13-22-23(27)17-32(24(22)28-14-18)37(34,35)21-7-5-4-6-8-21/h4-8,13-17,20H,9-12H2,1-3H3. The highest BCUT2D eigenvalue weighted by atomic mass is 127. The molecule has 11 heteroatoms. The molecule has 1 aliphatic heterocycles. The molecule has 37 heavy (non-hydrogen) atoms. The smallest absolute Gasteiger partial charge is 0.410 e. The molecule has 0 saturated carbocycles. The highest BCUT2D eigenvalue weighted by Gasteiger charge is 2.28. The lowest BCUT2D eigenvalue weighted by Crippen LogP contribution is -2.42. The van der Waals surface area contributed by atoms with Crippen molar-refractivity contribution in [2.75, 3.05) is 13.1 Å². The summed E-state index contributed by atoms with van der Waals surface area (Å²) in [4.78, 5) is 18.9. The van der Waals surface area contributed by atoms with Gasteiger partial charge in [-0.1, -0.05) is 18.2 Å². The molecule has 3 aromatic heterocycles. The quantitative estimate of drug-likeness (QED) is 0.283. The van der Waals surface area contributed by atoms with Gasteiger partial charge in [0.2, 0.25) is 0 Å². The summed E-state index contributed by atoms with van der Waals surface area (Å²) in [5.74, 6) is 0. The number of piperidine rings is 1. The van der Waals surface area contributed by atoms with Crippen LogP contribution in [0.5, 0.6) is 0 Å². The minimum Gasteiger partial charge on any atom is -0.444 e. The van der Waals surface area contributed by atoms with Crippen LogP contribution in [0.25, 0.3) is 22.2 Å². The number of amides is 1. The largest absolute Gasteiger partial charge is 0.444 e. The van der Waals surface area contributed by atoms with Gasteiger partial charge in [0, 0.05) is 51.8 Å². The average molecular weight is 634 g/mol. The van der Waals surface area contributed by atoms with Crippen LogP contribution in [0, 0.1) is 3.57 Å². The number of hydrogen-bond acceptors (Lipinski definition) is 6. The molecule has 1 aromatic carbocycles. The van der Waals surface area contributed by atoms with E-state index in [1.165, 1.54) is 3.97 Å². The number of fused-ring (bicyclic) bond motifs is 1. The van der Waals surface area contributed by atoms with Crippen LogP contribution in [0.4, 0.5) is 4.79 Å². The molecular weight excluding hydrogens is 605 g/mol. The monoisotopic (exact) mass is 633 g/mol. The number of likely N-dealkylation sites (tertiary alicyclic amines) is 1. The van der Waals surface area contributed by atoms with Gasteiger partial charge in [0.1, 0.15) is 5.60 Å². The van der Waals surface area contributed by atoms with Crippen LogP contribution in [-0.4, -0.2) is 56.8 Å². The predicted molar refractivity (Wildman–Crippen MR) is 149 cm³/mol. The fraction of sp³-hybridized carbons (Fsp3) is 0.346. The van der Waals surface area contributed by atoms with Gasteiger partial charge in [0.25, 0.3) is 10.0 Å². The Morgan fingerprint density at radius 3 is 2.43 bits per heavy atom. The van der Waals surface area contributed by atoms with Crippen LogP contribution in [0.3, 0.4) is 0 Å². The van der Waals surface area contributed by atoms with Crippen molar-refractivity contribution in [3.8, 4) is 11.1 Å². The van der Waals surface area contributed by atoms with Crippen LogP contribution in [0.15, 0.2) is 66.1 Å². The third kappa shape index (κ3) is 5.24. The number of hydrogen-bond donors (Lipinski definition) is 0. The second-order valence-corrected chi connectivity index (χ2v) is 13.1. The summed E-state index contributed by atoms with van der Waals surface area (Å²) in [5.41, 5.74) is 1.64. The zero-order valence-electron chi connectivity index (χ0n) is 20.8. The Balaban J connectivity index is 1.35. The molecule has 0 unspecified atom stereocenters. The highest BCUT2D eigenvalue weighted by molar-refractivity contribution is 14.1. The number of rotatable bonds is 4. The van der Waals surface area contributed by atoms with Crippen molar-refractivity contribution in [2.45, 2.75) is 50.2 Å². The lowest BCUT2D eigenvalue weighted by atomic mass is 10.1. The van der Waals surface area contributed by atoms with Gasteiger partial charge in [0.15, 0.2) is 5.65 Å². The molecular formula is C26H28IN5O4S. The van der Waals surface area contributed by atoms with E-state index in [9.17, 15) is 13.2 Å². The van der Waals surface area contributed by atoms with E-state index in [1.54, 1.807) is 53.8 Å². The Labute approximate surface area is 229 Å². The average Bonchev–Trinajstić information content (AvgIpc) is 3.49. The fourth-order valence-corrected chi connectivity index (χ4v) is 6.63. The lowest BCUT2D eigenvalue weighted by molar-refractivity contribution is 0.0185. The van der Waals surface area contributed by atoms with Crippen LogP contribution < -0.4 is 0 Å². The van der Waals surface area contributed by atoms with E-state index in [-0.39, 0.29) is 17.0 Å². The molecule has 0 N–H and O–H groups in total. The minimum absolute atomic E-state index is 0.182. The van der Waals surface area contributed by atoms with Crippen LogP contribution in [-0.2, 0) is 14.8 Å². The highest BCUT2D eigenvalue weighted by Crippen LogP contribution is 2.31. The normalized spacial score (nSPS) is 15.3. The van der Waals surface area contributed by atoms with E-state index >= 15 is 0 Å². The van der Waals surface area contributed by atoms with Crippen molar-refractivity contribution < 1.29 is 17.9 Å². The van der Waals surface area contributed by atoms with Crippen LogP contribution in [0.2, 0.25) is 0 Å². The number of halogens is 1. The third-order valence-corrected chi connectivity index (χ3v) is 8.81. The van der Waals surface area contributed by atoms with E-state index < -0.39 is 15.6 Å². The zero-order chi connectivity index (χ0) is 26.4. The maximum Gasteiger partial charge on any atom is 0.410 e. The molecule has 194 valence electrons. The van der Waals surface area contributed by atoms with E-state index in [1.807, 2.05) is 37.7 Å². The number of nitrogens with zero attached hydrogens (tertiary/aromatic N) is 5. The second-order valence-electron chi connectivity index (χ2n) is 10.1. The zero-order valence-corrected chi connectivity index (χ0v) is 23.8. The van der Waals surface area contributed by atoms with Gasteiger partial charge in [0.05, 0.1) is 17.1 Å². The molecule has 1 aliphatic rings. The van der Waals surface area contributed by atoms with Crippen molar-refractivity contribution in [3.63, 3.8) is 0 Å². The molecule has 0 atom stereocenters. The molecule has 1 fully saturated rings. The number of pyridine rings is 1. The molecule has 0 radical (unpaired) electrons. The van der Waals surface area contributed by atoms with Crippen LogP contribution in [0.1, 0.15) is 39.7 Å². The van der Waals surface area contributed by atoms with Crippen molar-refractivity contribution in [2.24, 2.45) is 0 Å². The Kier molecular flexibility index (Phi) is 6.77. The maximum atomic E-state index is 13.2. The van der Waals surface area contributed by atoms with E-state index in [4.69, 9.17) is 4.74 Å². The van der Waals surface area contributed by atoms with Gasteiger partial charge >= 0.3 is 6.09 Å². The third-order valence-electron chi connectivity index (χ3n) is 6.29. The number of benzene rings is 1. The van der Waals surface area contributed by atoms with Crippen molar-refractivity contribution in [1.82, 2.24) is 23.6 Å². The van der Waals surface area contributed by atoms with Gasteiger partial charge in [-0.25, -0.2) is 22.2 Å². The molecule has 0 bridgehead atoms. The van der Waals surface area contributed by atoms with Gasteiger partial charge in [-0.2, -0.15) is 5.10 Å². The van der Waals surface area contributed by atoms with Crippen molar-refractivity contribution in [3.05, 3.63) is 64.8 Å². The Bertz CT molecular complexity index is 1550. The lowest BCUT2D eigenvalue weighted by Gasteiger charge is -2.33. The maximum absolute atomic E-state index is 13.2. The molecule has 4 heterocycles. The topological polar surface area (TPSA) is 99.3 Å². The van der Waals surface area contributed by atoms with Gasteiger partial charge in [-0.05, 0) is 74.4 Å². The minimum atomic E-state index is -3.76. The van der Waals surface area contributed by atoms with Crippen molar-refractivity contribution in [1.29, 1.82) is 0 Å². The Hall–Kier alpha value is -2.93. The summed E-state index contributed by atoms with van der Waals surface area (Å²) < 4.78 is 35.9. The molecule has 1 amide bonds. The van der Waals surface area contributed by atoms with Gasteiger partial charge in [-0.15, -0.1) is 0 Å². The second kappa shape index (κ2) is 9.75. The van der Waals surface area contributed by atoms with Crippen LogP contribution >= 0.6 is 22.6 Å². The van der Waals surface area contributed by atoms with E-state index in [0.29, 0.717) is 18.7 Å². The summed E-state index contributed by atoms with van der Waals surface area (Å²) in [6.07, 6.45) is 8.37. The van der Waals surface area contributed by atoms with Gasteiger partial charge < -0.3 is 9.64 Å². The van der Waals surface area contributed by atoms with E-state index in [2.05, 4.69) is 32.7 Å². The van der Waals surface area contributed by atoms with Crippen molar-refractivity contribution >= 4 is 49.7 Å². The summed E-state index contributed by atoms with van der Waals surface area (Å²) in [6, 6.07) is 10.5. The first kappa shape index (κ1) is 25.7. The summed E-state index contributed by atoms with van der Waals surface area (Å²) in [5, 5.41) is 5.34. The molecule has 0 aliphatic carbocycles. The number of carbonyl (C=O) groups is 1. The molecule has 1 saturated heterocycles. The number of ether oxygens (including phenoxy) is 1. The summed E-state index contributed by atoms with van der Waals surface area (Å²) in [6.45, 7) is 6.83. The van der Waals surface area contributed by atoms with Gasteiger partial charge in [-0.3, -0.25) is 4.68 Å². The fourth-order valence-electron chi connectivity index (χ4n) is 4.42. The predicted octanol–water partition coefficient (Wildman–Crippen LogP) is 5.31. The van der Waals surface area contributed by atoms with E-state index in [0.717, 1.165) is 32.9 Å².